The molecule has 2 saturated carbocycles. The summed E-state index contributed by atoms with van der Waals surface area (Å²) in [5.41, 5.74) is 0. The predicted molar refractivity (Wildman–Crippen MR) is 107 cm³/mol. The maximum atomic E-state index is 15.0. The van der Waals surface area contributed by atoms with Gasteiger partial charge < -0.3 is 9.47 Å². The van der Waals surface area contributed by atoms with Crippen LogP contribution < -0.4 is 0 Å². The molecule has 0 aromatic rings. The summed E-state index contributed by atoms with van der Waals surface area (Å²) >= 11 is 0. The molecule has 4 aliphatic rings. The number of allylic oxidation sites excluding steroid dienone is 1. The second-order valence-corrected chi connectivity index (χ2v) is 10.1. The molecule has 1 heterocycles. The van der Waals surface area contributed by atoms with Crippen molar-refractivity contribution < 1.29 is 18.3 Å². The molecule has 3 fully saturated rings. The van der Waals surface area contributed by atoms with E-state index in [-0.39, 0.29) is 30.6 Å². The molecule has 4 rings (SSSR count). The van der Waals surface area contributed by atoms with Gasteiger partial charge in [-0.25, -0.2) is 4.39 Å². The predicted octanol–water partition coefficient (Wildman–Crippen LogP) is 6.46. The Morgan fingerprint density at radius 1 is 0.821 bits per heavy atom. The average molecular weight is 397 g/mol. The van der Waals surface area contributed by atoms with Crippen molar-refractivity contribution in [2.75, 3.05) is 19.9 Å². The number of ether oxygens (including phenoxy) is 2. The van der Waals surface area contributed by atoms with Crippen molar-refractivity contribution in [1.29, 1.82) is 0 Å². The second kappa shape index (κ2) is 9.55. The van der Waals surface area contributed by atoms with Crippen molar-refractivity contribution in [2.45, 2.75) is 77.4 Å². The van der Waals surface area contributed by atoms with Crippen molar-refractivity contribution >= 4 is 0 Å². The lowest BCUT2D eigenvalue weighted by atomic mass is 9.66. The minimum Gasteiger partial charge on any atom is -0.352 e. The van der Waals surface area contributed by atoms with Crippen LogP contribution in [-0.2, 0) is 9.47 Å². The van der Waals surface area contributed by atoms with E-state index in [0.29, 0.717) is 17.8 Å². The number of rotatable bonds is 4. The molecule has 1 aliphatic heterocycles. The Kier molecular flexibility index (Phi) is 7.09. The lowest BCUT2D eigenvalue weighted by Crippen LogP contribution is -2.37. The lowest BCUT2D eigenvalue weighted by molar-refractivity contribution is -0.216. The van der Waals surface area contributed by atoms with E-state index in [1.54, 1.807) is 0 Å². The smallest absolute Gasteiger partial charge is 0.163 e. The van der Waals surface area contributed by atoms with Gasteiger partial charge in [0.2, 0.25) is 0 Å². The van der Waals surface area contributed by atoms with Gasteiger partial charge in [-0.3, -0.25) is 4.39 Å². The summed E-state index contributed by atoms with van der Waals surface area (Å²) in [6.45, 7) is 3.42. The van der Waals surface area contributed by atoms with Crippen molar-refractivity contribution in [3.63, 3.8) is 0 Å². The van der Waals surface area contributed by atoms with Crippen LogP contribution in [0.5, 0.6) is 0 Å². The van der Waals surface area contributed by atoms with Crippen LogP contribution in [0, 0.1) is 41.4 Å². The number of alkyl halides is 1. The molecule has 2 atom stereocenters. The van der Waals surface area contributed by atoms with Crippen LogP contribution in [0.15, 0.2) is 11.9 Å². The van der Waals surface area contributed by atoms with Gasteiger partial charge in [-0.15, -0.1) is 0 Å². The molecule has 0 aromatic carbocycles. The molecule has 3 aliphatic carbocycles. The Bertz CT molecular complexity index is 513. The Morgan fingerprint density at radius 3 is 1.96 bits per heavy atom. The molecule has 0 N–H and O–H groups in total. The topological polar surface area (TPSA) is 18.5 Å². The summed E-state index contributed by atoms with van der Waals surface area (Å²) in [5, 5.41) is 0. The molecule has 1 saturated heterocycles. The minimum absolute atomic E-state index is 0.0748. The first-order valence-electron chi connectivity index (χ1n) is 11.8. The SMILES string of the molecule is CC1COC(C2C=C(F)C(C3CCC(C4CCC(CF)CC4)CC3)CC2)OC1. The van der Waals surface area contributed by atoms with Crippen molar-refractivity contribution in [3.05, 3.63) is 11.9 Å². The van der Waals surface area contributed by atoms with Gasteiger partial charge in [-0.2, -0.15) is 0 Å². The van der Waals surface area contributed by atoms with Gasteiger partial charge in [-0.1, -0.05) is 6.92 Å². The minimum atomic E-state index is -0.252. The number of halogens is 2. The lowest BCUT2D eigenvalue weighted by Gasteiger charge is -2.41. The third-order valence-electron chi connectivity index (χ3n) is 8.14. The van der Waals surface area contributed by atoms with E-state index in [1.807, 2.05) is 6.08 Å². The molecule has 2 nitrogen and oxygen atoms in total. The molecule has 0 spiro atoms. The zero-order valence-corrected chi connectivity index (χ0v) is 17.5. The first-order chi connectivity index (χ1) is 13.6. The summed E-state index contributed by atoms with van der Waals surface area (Å²) in [6, 6.07) is 0. The third-order valence-corrected chi connectivity index (χ3v) is 8.14. The van der Waals surface area contributed by atoms with E-state index >= 15 is 0 Å². The zero-order valence-electron chi connectivity index (χ0n) is 17.5. The highest BCUT2D eigenvalue weighted by molar-refractivity contribution is 5.08. The zero-order chi connectivity index (χ0) is 19.5. The molecular weight excluding hydrogens is 358 g/mol. The van der Waals surface area contributed by atoms with E-state index in [1.165, 1.54) is 25.7 Å². The highest BCUT2D eigenvalue weighted by Crippen LogP contribution is 2.47. The molecule has 2 unspecified atom stereocenters. The molecular formula is C24H38F2O2. The van der Waals surface area contributed by atoms with Gasteiger partial charge in [0.05, 0.1) is 25.7 Å². The first-order valence-corrected chi connectivity index (χ1v) is 11.8. The largest absolute Gasteiger partial charge is 0.352 e. The van der Waals surface area contributed by atoms with Crippen LogP contribution in [0.1, 0.15) is 71.1 Å². The summed E-state index contributed by atoms with van der Waals surface area (Å²) in [5.74, 6) is 3.13. The first kappa shape index (κ1) is 20.8. The summed E-state index contributed by atoms with van der Waals surface area (Å²) in [4.78, 5) is 0. The Hall–Kier alpha value is -0.480. The van der Waals surface area contributed by atoms with Gasteiger partial charge in [-0.05, 0) is 94.0 Å². The molecule has 0 amide bonds. The fourth-order valence-corrected chi connectivity index (χ4v) is 6.29. The van der Waals surface area contributed by atoms with E-state index in [9.17, 15) is 8.78 Å². The highest BCUT2D eigenvalue weighted by Gasteiger charge is 2.38. The van der Waals surface area contributed by atoms with Gasteiger partial charge in [0.15, 0.2) is 6.29 Å². The standard InChI is InChI=1S/C24H38F2O2/c1-16-14-27-24(28-15-16)21-10-11-22(23(26)12-21)20-8-6-19(7-9-20)18-4-2-17(13-25)3-5-18/h12,16-22,24H,2-11,13-15H2,1H3. The van der Waals surface area contributed by atoms with E-state index in [4.69, 9.17) is 9.47 Å². The molecule has 4 heteroatoms. The molecule has 160 valence electrons. The highest BCUT2D eigenvalue weighted by atomic mass is 19.1. The third kappa shape index (κ3) is 4.80. The van der Waals surface area contributed by atoms with Gasteiger partial charge in [0.1, 0.15) is 0 Å². The van der Waals surface area contributed by atoms with Crippen LogP contribution >= 0.6 is 0 Å². The molecule has 0 aromatic heterocycles. The van der Waals surface area contributed by atoms with Crippen molar-refractivity contribution in [3.8, 4) is 0 Å². The Labute approximate surface area is 169 Å². The average Bonchev–Trinajstić information content (AvgIpc) is 2.74. The Balaban J connectivity index is 1.25. The van der Waals surface area contributed by atoms with Gasteiger partial charge >= 0.3 is 0 Å². The molecule has 0 radical (unpaired) electrons. The van der Waals surface area contributed by atoms with Crippen LogP contribution in [0.3, 0.4) is 0 Å². The second-order valence-electron chi connectivity index (χ2n) is 10.1. The number of hydrogen-bond donors (Lipinski definition) is 0. The summed E-state index contributed by atoms with van der Waals surface area (Å²) < 4.78 is 39.4. The van der Waals surface area contributed by atoms with E-state index < -0.39 is 0 Å². The Morgan fingerprint density at radius 2 is 1.39 bits per heavy atom. The monoisotopic (exact) mass is 396 g/mol. The van der Waals surface area contributed by atoms with Crippen LogP contribution in [0.25, 0.3) is 0 Å². The van der Waals surface area contributed by atoms with Gasteiger partial charge in [0.25, 0.3) is 0 Å². The van der Waals surface area contributed by atoms with E-state index in [2.05, 4.69) is 6.92 Å². The fourth-order valence-electron chi connectivity index (χ4n) is 6.29. The summed E-state index contributed by atoms with van der Waals surface area (Å²) in [6.07, 6.45) is 12.9. The maximum absolute atomic E-state index is 15.0. The fraction of sp³-hybridized carbons (Fsp3) is 0.917. The van der Waals surface area contributed by atoms with Crippen molar-refractivity contribution in [2.24, 2.45) is 41.4 Å². The number of hydrogen-bond acceptors (Lipinski definition) is 2. The quantitative estimate of drug-likeness (QED) is 0.543. The van der Waals surface area contributed by atoms with Crippen LogP contribution in [0.4, 0.5) is 8.78 Å². The van der Waals surface area contributed by atoms with Crippen molar-refractivity contribution in [1.82, 2.24) is 0 Å². The maximum Gasteiger partial charge on any atom is 0.163 e. The van der Waals surface area contributed by atoms with Crippen LogP contribution in [-0.4, -0.2) is 26.2 Å². The van der Waals surface area contributed by atoms with Gasteiger partial charge in [0, 0.05) is 17.8 Å². The van der Waals surface area contributed by atoms with E-state index in [0.717, 1.165) is 63.6 Å². The van der Waals surface area contributed by atoms with Crippen LogP contribution in [0.2, 0.25) is 0 Å². The molecule has 28 heavy (non-hydrogen) atoms. The summed E-state index contributed by atoms with van der Waals surface area (Å²) in [7, 11) is 0. The normalized spacial score (nSPS) is 45.5. The molecule has 0 bridgehead atoms.